The number of rotatable bonds is 7. The van der Waals surface area contributed by atoms with Gasteiger partial charge in [0.15, 0.2) is 11.5 Å². The summed E-state index contributed by atoms with van der Waals surface area (Å²) in [5.41, 5.74) is 1.43. The van der Waals surface area contributed by atoms with Gasteiger partial charge in [-0.2, -0.15) is 0 Å². The Balaban J connectivity index is 1.94. The van der Waals surface area contributed by atoms with Crippen LogP contribution < -0.4 is 9.47 Å². The van der Waals surface area contributed by atoms with Crippen LogP contribution in [-0.2, 0) is 6.61 Å². The van der Waals surface area contributed by atoms with Crippen LogP contribution in [0.4, 0.5) is 5.69 Å². The Labute approximate surface area is 174 Å². The molecule has 30 heavy (non-hydrogen) atoms. The molecule has 1 N–H and O–H groups in total. The lowest BCUT2D eigenvalue weighted by Crippen LogP contribution is -2.38. The molecule has 1 atom stereocenters. The van der Waals surface area contributed by atoms with E-state index in [9.17, 15) is 20.0 Å². The zero-order chi connectivity index (χ0) is 21.7. The third kappa shape index (κ3) is 4.44. The van der Waals surface area contributed by atoms with E-state index in [1.807, 2.05) is 43.3 Å². The van der Waals surface area contributed by atoms with Crippen LogP contribution in [0.25, 0.3) is 0 Å². The largest absolute Gasteiger partial charge is 0.493 e. The molecule has 2 aromatic carbocycles. The van der Waals surface area contributed by atoms with Crippen molar-refractivity contribution in [2.75, 3.05) is 20.3 Å². The van der Waals surface area contributed by atoms with Crippen molar-refractivity contribution >= 4 is 11.6 Å². The van der Waals surface area contributed by atoms with E-state index in [0.717, 1.165) is 11.1 Å². The highest BCUT2D eigenvalue weighted by Crippen LogP contribution is 2.37. The summed E-state index contributed by atoms with van der Waals surface area (Å²) in [7, 11) is 1.41. The lowest BCUT2D eigenvalue weighted by molar-refractivity contribution is -0.385. The summed E-state index contributed by atoms with van der Waals surface area (Å²) in [6.45, 7) is 2.17. The predicted molar refractivity (Wildman–Crippen MR) is 111 cm³/mol. The lowest BCUT2D eigenvalue weighted by atomic mass is 10.1. The molecule has 0 aliphatic carbocycles. The summed E-state index contributed by atoms with van der Waals surface area (Å²) in [6.07, 6.45) is 2.44. The maximum Gasteiger partial charge on any atom is 0.286 e. The van der Waals surface area contributed by atoms with E-state index in [1.54, 1.807) is 0 Å². The van der Waals surface area contributed by atoms with Gasteiger partial charge < -0.3 is 19.5 Å². The van der Waals surface area contributed by atoms with Gasteiger partial charge in [-0.05, 0) is 18.9 Å². The van der Waals surface area contributed by atoms with Crippen molar-refractivity contribution in [1.29, 1.82) is 0 Å². The molecule has 158 valence electrons. The summed E-state index contributed by atoms with van der Waals surface area (Å²) in [6, 6.07) is 11.5. The minimum absolute atomic E-state index is 0.0975. The van der Waals surface area contributed by atoms with Gasteiger partial charge in [-0.1, -0.05) is 42.0 Å². The van der Waals surface area contributed by atoms with E-state index in [0.29, 0.717) is 13.0 Å². The molecule has 0 radical (unpaired) electrons. The molecule has 8 nitrogen and oxygen atoms in total. The first-order valence-electron chi connectivity index (χ1n) is 9.57. The summed E-state index contributed by atoms with van der Waals surface area (Å²) < 4.78 is 11.1. The normalized spacial score (nSPS) is 17.2. The number of hydrogen-bond acceptors (Lipinski definition) is 6. The van der Waals surface area contributed by atoms with Crippen LogP contribution in [-0.4, -0.2) is 47.1 Å². The number of amides is 1. The van der Waals surface area contributed by atoms with Crippen molar-refractivity contribution in [3.8, 4) is 11.5 Å². The fraction of sp³-hybridized carbons (Fsp3) is 0.318. The molecule has 1 aliphatic heterocycles. The van der Waals surface area contributed by atoms with Gasteiger partial charge in [-0.3, -0.25) is 14.9 Å². The Morgan fingerprint density at radius 1 is 1.30 bits per heavy atom. The number of carbonyl (C=O) groups excluding carboxylic acids is 1. The van der Waals surface area contributed by atoms with Crippen molar-refractivity contribution in [3.63, 3.8) is 0 Å². The van der Waals surface area contributed by atoms with Crippen LogP contribution in [0.2, 0.25) is 0 Å². The zero-order valence-corrected chi connectivity index (χ0v) is 16.9. The number of hydrogen-bond donors (Lipinski definition) is 1. The molecule has 0 bridgehead atoms. The molecule has 0 spiro atoms. The van der Waals surface area contributed by atoms with Crippen molar-refractivity contribution < 1.29 is 24.3 Å². The van der Waals surface area contributed by atoms with Crippen molar-refractivity contribution in [1.82, 2.24) is 4.90 Å². The van der Waals surface area contributed by atoms with Gasteiger partial charge in [0.05, 0.1) is 30.7 Å². The third-order valence-corrected chi connectivity index (χ3v) is 5.14. The monoisotopic (exact) mass is 412 g/mol. The number of likely N-dealkylation sites (tertiary alicyclic amines) is 1. The first kappa shape index (κ1) is 21.3. The number of allylic oxidation sites excluding steroid dienone is 1. The average Bonchev–Trinajstić information content (AvgIpc) is 3.20. The van der Waals surface area contributed by atoms with Crippen LogP contribution in [0.15, 0.2) is 54.1 Å². The van der Waals surface area contributed by atoms with Crippen LogP contribution in [0.3, 0.4) is 0 Å². The van der Waals surface area contributed by atoms with E-state index < -0.39 is 16.9 Å². The summed E-state index contributed by atoms with van der Waals surface area (Å²) in [4.78, 5) is 25.7. The molecule has 0 unspecified atom stereocenters. The zero-order valence-electron chi connectivity index (χ0n) is 16.9. The number of nitro benzene ring substituents is 1. The minimum Gasteiger partial charge on any atom is -0.493 e. The maximum atomic E-state index is 13.1. The highest BCUT2D eigenvalue weighted by atomic mass is 16.6. The predicted octanol–water partition coefficient (Wildman–Crippen LogP) is 3.34. The van der Waals surface area contributed by atoms with E-state index in [2.05, 4.69) is 0 Å². The second-order valence-electron chi connectivity index (χ2n) is 6.97. The van der Waals surface area contributed by atoms with Gasteiger partial charge >= 0.3 is 0 Å². The van der Waals surface area contributed by atoms with E-state index in [4.69, 9.17) is 9.47 Å². The Kier molecular flexibility index (Phi) is 6.68. The number of benzene rings is 2. The van der Waals surface area contributed by atoms with Gasteiger partial charge in [0, 0.05) is 12.6 Å². The summed E-state index contributed by atoms with van der Waals surface area (Å²) >= 11 is 0. The second kappa shape index (κ2) is 9.41. The summed E-state index contributed by atoms with van der Waals surface area (Å²) in [5, 5.41) is 21.4. The maximum absolute atomic E-state index is 13.1. The Morgan fingerprint density at radius 2 is 2.03 bits per heavy atom. The highest BCUT2D eigenvalue weighted by Gasteiger charge is 2.35. The number of ether oxygens (including phenoxy) is 2. The number of carbonyl (C=O) groups is 1. The Morgan fingerprint density at radius 3 is 2.63 bits per heavy atom. The van der Waals surface area contributed by atoms with Crippen molar-refractivity contribution in [2.24, 2.45) is 0 Å². The van der Waals surface area contributed by atoms with Crippen LogP contribution in [0, 0.1) is 10.1 Å². The average molecular weight is 412 g/mol. The first-order chi connectivity index (χ1) is 14.5. The lowest BCUT2D eigenvalue weighted by Gasteiger charge is -2.23. The fourth-order valence-electron chi connectivity index (χ4n) is 3.47. The van der Waals surface area contributed by atoms with E-state index in [-0.39, 0.29) is 36.0 Å². The Bertz CT molecular complexity index is 958. The van der Waals surface area contributed by atoms with Gasteiger partial charge in [-0.15, -0.1) is 0 Å². The fourth-order valence-corrected chi connectivity index (χ4v) is 3.47. The third-order valence-electron chi connectivity index (χ3n) is 5.14. The van der Waals surface area contributed by atoms with Gasteiger partial charge in [0.25, 0.3) is 11.6 Å². The number of aliphatic hydroxyl groups excluding tert-OH is 1. The molecule has 0 aromatic heterocycles. The van der Waals surface area contributed by atoms with Crippen LogP contribution in [0.1, 0.15) is 29.3 Å². The molecule has 2 aromatic rings. The molecular formula is C22H24N2O6. The molecule has 1 amide bonds. The van der Waals surface area contributed by atoms with Crippen LogP contribution in [0.5, 0.6) is 11.5 Å². The Hall–Kier alpha value is -3.39. The standard InChI is InChI=1S/C22H24N2O6/c1-3-15-9-17(13-25)23(12-15)22(26)18-10-20(29-2)21(11-19(18)24(27)28)30-14-16-7-5-4-6-8-16/h3-8,10-11,17,25H,9,12-14H2,1-2H3/b15-3+/t17-/m0/s1. The van der Waals surface area contributed by atoms with Crippen molar-refractivity contribution in [2.45, 2.75) is 26.0 Å². The van der Waals surface area contributed by atoms with Gasteiger partial charge in [0.1, 0.15) is 12.2 Å². The molecule has 1 saturated heterocycles. The number of nitrogens with zero attached hydrogens (tertiary/aromatic N) is 2. The molecule has 0 saturated carbocycles. The van der Waals surface area contributed by atoms with Gasteiger partial charge in [-0.25, -0.2) is 0 Å². The molecule has 1 heterocycles. The number of nitro groups is 1. The molecule has 8 heteroatoms. The SMILES string of the molecule is C/C=C1\C[C@@H](CO)N(C(=O)c2cc(OC)c(OCc3ccccc3)cc2[N+](=O)[O-])C1. The van der Waals surface area contributed by atoms with E-state index >= 15 is 0 Å². The van der Waals surface area contributed by atoms with E-state index in [1.165, 1.54) is 24.1 Å². The quantitative estimate of drug-likeness (QED) is 0.425. The molecule has 1 fully saturated rings. The first-order valence-corrected chi connectivity index (χ1v) is 9.57. The molecule has 3 rings (SSSR count). The molecular weight excluding hydrogens is 388 g/mol. The number of methoxy groups -OCH3 is 1. The minimum atomic E-state index is -0.608. The highest BCUT2D eigenvalue weighted by molar-refractivity contribution is 5.99. The number of aliphatic hydroxyl groups is 1. The van der Waals surface area contributed by atoms with Gasteiger partial charge in [0.2, 0.25) is 0 Å². The smallest absolute Gasteiger partial charge is 0.286 e. The van der Waals surface area contributed by atoms with Crippen LogP contribution >= 0.6 is 0 Å². The second-order valence-corrected chi connectivity index (χ2v) is 6.97. The molecule has 1 aliphatic rings. The summed E-state index contributed by atoms with van der Waals surface area (Å²) in [5.74, 6) is -0.115. The van der Waals surface area contributed by atoms with Crippen molar-refractivity contribution in [3.05, 3.63) is 75.4 Å². The topological polar surface area (TPSA) is 102 Å².